The molecule has 0 spiro atoms. The second kappa shape index (κ2) is 7.93. The molecule has 0 aliphatic rings. The van der Waals surface area contributed by atoms with Crippen LogP contribution in [-0.4, -0.2) is 39.0 Å². The van der Waals surface area contributed by atoms with Crippen LogP contribution in [-0.2, 0) is 6.54 Å². The van der Waals surface area contributed by atoms with E-state index in [9.17, 15) is 5.21 Å². The summed E-state index contributed by atoms with van der Waals surface area (Å²) in [7, 11) is 0. The van der Waals surface area contributed by atoms with Crippen LogP contribution in [0, 0.1) is 11.8 Å². The second-order valence-corrected chi connectivity index (χ2v) is 7.56. The molecule has 2 aromatic rings. The first kappa shape index (κ1) is 18.0. The first-order chi connectivity index (χ1) is 10.9. The van der Waals surface area contributed by atoms with Gasteiger partial charge in [-0.15, -0.1) is 0 Å². The molecular weight excluding hydrogens is 286 g/mol. The number of hydrogen-bond acceptors (Lipinski definition) is 2. The van der Waals surface area contributed by atoms with E-state index in [1.807, 2.05) is 24.5 Å². The third-order valence-corrected chi connectivity index (χ3v) is 4.53. The first-order valence-electron chi connectivity index (χ1n) is 8.88. The molecule has 0 amide bonds. The van der Waals surface area contributed by atoms with Crippen molar-refractivity contribution < 1.29 is 9.85 Å². The average Bonchev–Trinajstić information content (AvgIpc) is 2.93. The normalized spacial score (nSPS) is 12.7. The molecule has 4 heteroatoms. The molecule has 1 N–H and O–H groups in total. The number of hydrogen-bond donors (Lipinski definition) is 1. The summed E-state index contributed by atoms with van der Waals surface area (Å²) in [5, 5.41) is 11.1. The van der Waals surface area contributed by atoms with E-state index in [0.717, 1.165) is 50.1 Å². The molecule has 0 fully saturated rings. The molecule has 2 rings (SSSR count). The highest BCUT2D eigenvalue weighted by Gasteiger charge is 2.26. The van der Waals surface area contributed by atoms with Crippen LogP contribution in [0.5, 0.6) is 0 Å². The maximum absolute atomic E-state index is 11.1. The highest BCUT2D eigenvalue weighted by atomic mass is 16.5. The zero-order valence-electron chi connectivity index (χ0n) is 15.1. The van der Waals surface area contributed by atoms with E-state index in [2.05, 4.69) is 43.3 Å². The maximum atomic E-state index is 11.1. The number of aromatic nitrogens is 2. The minimum atomic E-state index is 0.170. The van der Waals surface area contributed by atoms with E-state index in [0.29, 0.717) is 11.8 Å². The molecule has 0 bridgehead atoms. The number of nitrogens with zero attached hydrogens (tertiary/aromatic N) is 3. The summed E-state index contributed by atoms with van der Waals surface area (Å²) in [5.41, 5.74) is 2.17. The molecule has 1 aromatic carbocycles. The minimum Gasteiger partial charge on any atom is -0.325 e. The Labute approximate surface area is 140 Å². The van der Waals surface area contributed by atoms with Crippen molar-refractivity contribution in [2.75, 3.05) is 19.6 Å². The van der Waals surface area contributed by atoms with E-state index >= 15 is 0 Å². The number of para-hydroxylation sites is 2. The van der Waals surface area contributed by atoms with Gasteiger partial charge in [0.1, 0.15) is 19.6 Å². The SMILES string of the molecule is CC(C)CC[N+](O)(CCC(C)C)CCn1cnc2ccccc21. The zero-order chi connectivity index (χ0) is 16.9. The largest absolute Gasteiger partial charge is 0.325 e. The van der Waals surface area contributed by atoms with Gasteiger partial charge in [-0.05, 0) is 24.0 Å². The van der Waals surface area contributed by atoms with Crippen LogP contribution in [0.1, 0.15) is 40.5 Å². The van der Waals surface area contributed by atoms with Gasteiger partial charge in [0, 0.05) is 12.8 Å². The van der Waals surface area contributed by atoms with Crippen molar-refractivity contribution in [1.29, 1.82) is 0 Å². The summed E-state index contributed by atoms with van der Waals surface area (Å²) in [6, 6.07) is 8.18. The van der Waals surface area contributed by atoms with Crippen molar-refractivity contribution in [3.05, 3.63) is 30.6 Å². The Balaban J connectivity index is 2.04. The second-order valence-electron chi connectivity index (χ2n) is 7.56. The maximum Gasteiger partial charge on any atom is 0.127 e. The van der Waals surface area contributed by atoms with Gasteiger partial charge in [-0.3, -0.25) is 0 Å². The number of hydroxylamine groups is 3. The molecule has 1 aromatic heterocycles. The molecule has 23 heavy (non-hydrogen) atoms. The smallest absolute Gasteiger partial charge is 0.127 e. The monoisotopic (exact) mass is 318 g/mol. The van der Waals surface area contributed by atoms with Gasteiger partial charge in [-0.2, -0.15) is 4.65 Å². The standard InChI is InChI=1S/C19H32N3O/c1-16(2)9-12-22(23,13-10-17(3)4)14-11-21-15-20-18-7-5-6-8-19(18)21/h5-8,15-17,23H,9-14H2,1-4H3/q+1. The lowest BCUT2D eigenvalue weighted by Gasteiger charge is -2.31. The summed E-state index contributed by atoms with van der Waals surface area (Å²) in [6.45, 7) is 12.1. The fourth-order valence-corrected chi connectivity index (χ4v) is 2.81. The van der Waals surface area contributed by atoms with Gasteiger partial charge in [0.2, 0.25) is 0 Å². The number of benzene rings is 1. The topological polar surface area (TPSA) is 38.0 Å². The van der Waals surface area contributed by atoms with E-state index in [-0.39, 0.29) is 4.65 Å². The van der Waals surface area contributed by atoms with Gasteiger partial charge in [-0.25, -0.2) is 10.2 Å². The lowest BCUT2D eigenvalue weighted by atomic mass is 10.1. The highest BCUT2D eigenvalue weighted by molar-refractivity contribution is 5.74. The van der Waals surface area contributed by atoms with E-state index < -0.39 is 0 Å². The fourth-order valence-electron chi connectivity index (χ4n) is 2.81. The van der Waals surface area contributed by atoms with Crippen LogP contribution >= 0.6 is 0 Å². The van der Waals surface area contributed by atoms with Crippen molar-refractivity contribution >= 4 is 11.0 Å². The van der Waals surface area contributed by atoms with E-state index in [1.54, 1.807) is 0 Å². The lowest BCUT2D eigenvalue weighted by Crippen LogP contribution is -2.49. The van der Waals surface area contributed by atoms with Crippen LogP contribution < -0.4 is 0 Å². The summed E-state index contributed by atoms with van der Waals surface area (Å²) < 4.78 is 2.33. The van der Waals surface area contributed by atoms with Crippen molar-refractivity contribution in [3.8, 4) is 0 Å². The number of imidazole rings is 1. The summed E-state index contributed by atoms with van der Waals surface area (Å²) in [5.74, 6) is 1.24. The number of fused-ring (bicyclic) bond motifs is 1. The van der Waals surface area contributed by atoms with Crippen LogP contribution in [0.25, 0.3) is 11.0 Å². The van der Waals surface area contributed by atoms with E-state index in [4.69, 9.17) is 0 Å². The third-order valence-electron chi connectivity index (χ3n) is 4.53. The van der Waals surface area contributed by atoms with Gasteiger partial charge in [0.15, 0.2) is 0 Å². The number of rotatable bonds is 9. The van der Waals surface area contributed by atoms with Crippen LogP contribution in [0.2, 0.25) is 0 Å². The summed E-state index contributed by atoms with van der Waals surface area (Å²) in [6.07, 6.45) is 4.00. The lowest BCUT2D eigenvalue weighted by molar-refractivity contribution is -1.10. The van der Waals surface area contributed by atoms with Crippen molar-refractivity contribution in [2.24, 2.45) is 11.8 Å². The molecule has 0 radical (unpaired) electrons. The molecule has 0 saturated carbocycles. The molecule has 128 valence electrons. The van der Waals surface area contributed by atoms with Gasteiger partial charge in [-0.1, -0.05) is 39.8 Å². The van der Waals surface area contributed by atoms with Crippen molar-refractivity contribution in [1.82, 2.24) is 9.55 Å². The Morgan fingerprint density at radius 2 is 1.61 bits per heavy atom. The molecule has 0 saturated heterocycles. The average molecular weight is 318 g/mol. The Bertz CT molecular complexity index is 591. The highest BCUT2D eigenvalue weighted by Crippen LogP contribution is 2.16. The van der Waals surface area contributed by atoms with E-state index in [1.165, 1.54) is 0 Å². The van der Waals surface area contributed by atoms with Crippen LogP contribution in [0.4, 0.5) is 0 Å². The Hall–Kier alpha value is -1.39. The van der Waals surface area contributed by atoms with Gasteiger partial charge < -0.3 is 4.57 Å². The quantitative estimate of drug-likeness (QED) is 0.552. The predicted molar refractivity (Wildman–Crippen MR) is 95.3 cm³/mol. The minimum absolute atomic E-state index is 0.170. The van der Waals surface area contributed by atoms with Crippen LogP contribution in [0.15, 0.2) is 30.6 Å². The molecule has 4 nitrogen and oxygen atoms in total. The fraction of sp³-hybridized carbons (Fsp3) is 0.632. The Morgan fingerprint density at radius 3 is 2.22 bits per heavy atom. The van der Waals surface area contributed by atoms with Crippen molar-refractivity contribution in [2.45, 2.75) is 47.1 Å². The summed E-state index contributed by atoms with van der Waals surface area (Å²) >= 11 is 0. The molecule has 0 atom stereocenters. The molecule has 0 aliphatic heterocycles. The van der Waals surface area contributed by atoms with Gasteiger partial charge in [0.05, 0.1) is 23.9 Å². The third kappa shape index (κ3) is 5.33. The first-order valence-corrected chi connectivity index (χ1v) is 8.88. The summed E-state index contributed by atoms with van der Waals surface area (Å²) in [4.78, 5) is 4.44. The molecular formula is C19H32N3O+. The Kier molecular flexibility index (Phi) is 6.19. The molecule has 1 heterocycles. The molecule has 0 unspecified atom stereocenters. The van der Waals surface area contributed by atoms with Gasteiger partial charge >= 0.3 is 0 Å². The zero-order valence-corrected chi connectivity index (χ0v) is 15.1. The van der Waals surface area contributed by atoms with Crippen LogP contribution in [0.3, 0.4) is 0 Å². The van der Waals surface area contributed by atoms with Crippen molar-refractivity contribution in [3.63, 3.8) is 0 Å². The predicted octanol–water partition coefficient (Wildman–Crippen LogP) is 4.33. The molecule has 0 aliphatic carbocycles. The number of quaternary nitrogens is 1. The Morgan fingerprint density at radius 1 is 1.00 bits per heavy atom. The van der Waals surface area contributed by atoms with Gasteiger partial charge in [0.25, 0.3) is 0 Å².